The van der Waals surface area contributed by atoms with Gasteiger partial charge < -0.3 is 5.11 Å². The quantitative estimate of drug-likeness (QED) is 0.838. The van der Waals surface area contributed by atoms with Crippen LogP contribution in [0, 0.1) is 0 Å². The highest BCUT2D eigenvalue weighted by Gasteiger charge is 2.18. The first kappa shape index (κ1) is 11.0. The van der Waals surface area contributed by atoms with Crippen LogP contribution >= 0.6 is 23.2 Å². The molecular formula is C7H6Cl2N2O3. The standard InChI is InChI=1S/C7H6Cl2N2O3/c1-3(7(13)14)11-6(12)5(9)4(8)2-10-11/h2-3H,1H3,(H,13,14). The van der Waals surface area contributed by atoms with Crippen LogP contribution in [0.4, 0.5) is 0 Å². The van der Waals surface area contributed by atoms with Crippen LogP contribution in [0.2, 0.25) is 10.0 Å². The first-order chi connectivity index (χ1) is 6.45. The van der Waals surface area contributed by atoms with Crippen molar-refractivity contribution in [3.63, 3.8) is 0 Å². The highest BCUT2D eigenvalue weighted by molar-refractivity contribution is 6.41. The number of carboxylic acid groups (broad SMARTS) is 1. The summed E-state index contributed by atoms with van der Waals surface area (Å²) in [5, 5.41) is 12.0. The summed E-state index contributed by atoms with van der Waals surface area (Å²) in [5.41, 5.74) is -0.714. The average Bonchev–Trinajstić information content (AvgIpc) is 2.13. The highest BCUT2D eigenvalue weighted by atomic mass is 35.5. The van der Waals surface area contributed by atoms with Gasteiger partial charge in [-0.25, -0.2) is 9.48 Å². The molecule has 1 aromatic heterocycles. The Morgan fingerprint density at radius 3 is 2.71 bits per heavy atom. The van der Waals surface area contributed by atoms with E-state index in [1.54, 1.807) is 0 Å². The van der Waals surface area contributed by atoms with Gasteiger partial charge in [-0.3, -0.25) is 4.79 Å². The molecule has 0 fully saturated rings. The maximum absolute atomic E-state index is 11.4. The topological polar surface area (TPSA) is 72.2 Å². The number of hydrogen-bond donors (Lipinski definition) is 1. The summed E-state index contributed by atoms with van der Waals surface area (Å²) in [7, 11) is 0. The molecule has 0 radical (unpaired) electrons. The molecule has 0 amide bonds. The molecule has 0 saturated carbocycles. The van der Waals surface area contributed by atoms with Crippen LogP contribution in [0.15, 0.2) is 11.0 Å². The van der Waals surface area contributed by atoms with Crippen LogP contribution in [0.25, 0.3) is 0 Å². The molecule has 0 spiro atoms. The fraction of sp³-hybridized carbons (Fsp3) is 0.286. The van der Waals surface area contributed by atoms with E-state index in [4.69, 9.17) is 28.3 Å². The molecule has 14 heavy (non-hydrogen) atoms. The van der Waals surface area contributed by atoms with Gasteiger partial charge >= 0.3 is 5.97 Å². The van der Waals surface area contributed by atoms with Gasteiger partial charge in [0, 0.05) is 0 Å². The second kappa shape index (κ2) is 3.98. The van der Waals surface area contributed by atoms with Crippen LogP contribution in [0.5, 0.6) is 0 Å². The molecule has 1 rings (SSSR count). The second-order valence-corrected chi connectivity index (χ2v) is 3.36. The zero-order valence-electron chi connectivity index (χ0n) is 7.07. The lowest BCUT2D eigenvalue weighted by molar-refractivity contribution is -0.140. The Labute approximate surface area is 88.9 Å². The van der Waals surface area contributed by atoms with Gasteiger partial charge in [-0.05, 0) is 6.92 Å². The van der Waals surface area contributed by atoms with Crippen molar-refractivity contribution in [3.8, 4) is 0 Å². The lowest BCUT2D eigenvalue weighted by Gasteiger charge is -2.08. The van der Waals surface area contributed by atoms with Gasteiger partial charge in [0.2, 0.25) is 0 Å². The third-order valence-electron chi connectivity index (χ3n) is 1.63. The van der Waals surface area contributed by atoms with Crippen LogP contribution in [-0.2, 0) is 4.79 Å². The van der Waals surface area contributed by atoms with Crippen molar-refractivity contribution in [1.82, 2.24) is 9.78 Å². The van der Waals surface area contributed by atoms with E-state index >= 15 is 0 Å². The molecule has 1 unspecified atom stereocenters. The summed E-state index contributed by atoms with van der Waals surface area (Å²) >= 11 is 11.0. The van der Waals surface area contributed by atoms with E-state index in [0.29, 0.717) is 0 Å². The fourth-order valence-corrected chi connectivity index (χ4v) is 1.07. The van der Waals surface area contributed by atoms with Crippen molar-refractivity contribution >= 4 is 29.2 Å². The van der Waals surface area contributed by atoms with Crippen molar-refractivity contribution in [2.45, 2.75) is 13.0 Å². The average molecular weight is 237 g/mol. The summed E-state index contributed by atoms with van der Waals surface area (Å²) in [5.74, 6) is -1.17. The third kappa shape index (κ3) is 1.88. The normalized spacial score (nSPS) is 12.5. The molecule has 0 saturated heterocycles. The highest BCUT2D eigenvalue weighted by Crippen LogP contribution is 2.15. The minimum Gasteiger partial charge on any atom is -0.480 e. The van der Waals surface area contributed by atoms with Crippen molar-refractivity contribution in [1.29, 1.82) is 0 Å². The third-order valence-corrected chi connectivity index (χ3v) is 2.37. The molecule has 0 aliphatic heterocycles. The number of rotatable bonds is 2. The van der Waals surface area contributed by atoms with E-state index in [9.17, 15) is 9.59 Å². The molecule has 7 heteroatoms. The number of carbonyl (C=O) groups is 1. The summed E-state index contributed by atoms with van der Waals surface area (Å²) < 4.78 is 0.760. The molecule has 0 bridgehead atoms. The van der Waals surface area contributed by atoms with Crippen molar-refractivity contribution in [2.24, 2.45) is 0 Å². The van der Waals surface area contributed by atoms with Crippen LogP contribution in [-0.4, -0.2) is 20.9 Å². The van der Waals surface area contributed by atoms with Crippen LogP contribution in [0.3, 0.4) is 0 Å². The molecule has 0 aromatic carbocycles. The number of halogens is 2. The number of aromatic nitrogens is 2. The molecule has 5 nitrogen and oxygen atoms in total. The van der Waals surface area contributed by atoms with Crippen molar-refractivity contribution < 1.29 is 9.90 Å². The summed E-state index contributed by atoms with van der Waals surface area (Å²) in [6.07, 6.45) is 1.13. The fourth-order valence-electron chi connectivity index (χ4n) is 0.805. The molecule has 1 aromatic rings. The first-order valence-corrected chi connectivity index (χ1v) is 4.36. The Bertz CT molecular complexity index is 429. The minimum atomic E-state index is -1.17. The van der Waals surface area contributed by atoms with E-state index in [1.165, 1.54) is 6.92 Å². The zero-order chi connectivity index (χ0) is 10.9. The predicted octanol–water partition coefficient (Wildman–Crippen LogP) is 1.20. The zero-order valence-corrected chi connectivity index (χ0v) is 8.58. The maximum atomic E-state index is 11.4. The van der Waals surface area contributed by atoms with Crippen LogP contribution < -0.4 is 5.56 Å². The summed E-state index contributed by atoms with van der Waals surface area (Å²) in [4.78, 5) is 21.9. The van der Waals surface area contributed by atoms with Gasteiger partial charge in [-0.2, -0.15) is 5.10 Å². The van der Waals surface area contributed by atoms with Gasteiger partial charge in [-0.1, -0.05) is 23.2 Å². The summed E-state index contributed by atoms with van der Waals surface area (Å²) in [6, 6.07) is -1.07. The van der Waals surface area contributed by atoms with Crippen molar-refractivity contribution in [3.05, 3.63) is 26.6 Å². The summed E-state index contributed by atoms with van der Waals surface area (Å²) in [6.45, 7) is 1.32. The van der Waals surface area contributed by atoms with Gasteiger partial charge in [0.15, 0.2) is 6.04 Å². The van der Waals surface area contributed by atoms with E-state index in [-0.39, 0.29) is 10.0 Å². The Balaban J connectivity index is 3.32. The Hall–Kier alpha value is -1.07. The largest absolute Gasteiger partial charge is 0.480 e. The van der Waals surface area contributed by atoms with Gasteiger partial charge in [0.1, 0.15) is 5.02 Å². The number of aliphatic carboxylic acids is 1. The number of hydrogen-bond acceptors (Lipinski definition) is 3. The van der Waals surface area contributed by atoms with E-state index in [1.807, 2.05) is 0 Å². The van der Waals surface area contributed by atoms with Crippen molar-refractivity contribution in [2.75, 3.05) is 0 Å². The monoisotopic (exact) mass is 236 g/mol. The SMILES string of the molecule is CC(C(=O)O)n1ncc(Cl)c(Cl)c1=O. The predicted molar refractivity (Wildman–Crippen MR) is 50.9 cm³/mol. The van der Waals surface area contributed by atoms with E-state index in [0.717, 1.165) is 10.9 Å². The smallest absolute Gasteiger partial charge is 0.328 e. The Morgan fingerprint density at radius 1 is 1.64 bits per heavy atom. The molecule has 76 valence electrons. The van der Waals surface area contributed by atoms with Gasteiger partial charge in [0.05, 0.1) is 11.2 Å². The molecule has 0 aliphatic carbocycles. The molecular weight excluding hydrogens is 231 g/mol. The molecule has 1 N–H and O–H groups in total. The Morgan fingerprint density at radius 2 is 2.21 bits per heavy atom. The van der Waals surface area contributed by atoms with Crippen LogP contribution in [0.1, 0.15) is 13.0 Å². The van der Waals surface area contributed by atoms with E-state index in [2.05, 4.69) is 5.10 Å². The maximum Gasteiger partial charge on any atom is 0.328 e. The molecule has 0 aliphatic rings. The lowest BCUT2D eigenvalue weighted by Crippen LogP contribution is -2.30. The molecule has 1 atom stereocenters. The minimum absolute atomic E-state index is 0.00510. The van der Waals surface area contributed by atoms with Gasteiger partial charge in [-0.15, -0.1) is 0 Å². The molecule has 1 heterocycles. The van der Waals surface area contributed by atoms with Gasteiger partial charge in [0.25, 0.3) is 5.56 Å². The van der Waals surface area contributed by atoms with E-state index < -0.39 is 17.6 Å². The first-order valence-electron chi connectivity index (χ1n) is 3.60. The number of carboxylic acids is 1. The Kier molecular flexibility index (Phi) is 3.13. The number of nitrogens with zero attached hydrogens (tertiary/aromatic N) is 2. The lowest BCUT2D eigenvalue weighted by atomic mass is 10.3. The second-order valence-electron chi connectivity index (χ2n) is 2.57.